The van der Waals surface area contributed by atoms with E-state index >= 15 is 0 Å². The highest BCUT2D eigenvalue weighted by Crippen LogP contribution is 2.17. The highest BCUT2D eigenvalue weighted by atomic mass is 79.9. The van der Waals surface area contributed by atoms with Crippen LogP contribution in [0.5, 0.6) is 0 Å². The number of hydrogen-bond acceptors (Lipinski definition) is 5. The van der Waals surface area contributed by atoms with Crippen molar-refractivity contribution in [2.75, 3.05) is 31.1 Å². The number of nitrogens with zero attached hydrogens (tertiary/aromatic N) is 4. The summed E-state index contributed by atoms with van der Waals surface area (Å²) in [5, 5.41) is 11.8. The normalized spacial score (nSPS) is 19.5. The average Bonchev–Trinajstić information content (AvgIpc) is 2.46. The Morgan fingerprint density at radius 1 is 1.42 bits per heavy atom. The number of aromatic nitrogens is 1. The second-order valence-electron chi connectivity index (χ2n) is 4.56. The van der Waals surface area contributed by atoms with E-state index in [4.69, 9.17) is 10.9 Å². The molecular formula is C12H18BrN5O. The van der Waals surface area contributed by atoms with Crippen molar-refractivity contribution in [3.63, 3.8) is 0 Å². The first-order valence-electron chi connectivity index (χ1n) is 6.20. The zero-order valence-electron chi connectivity index (χ0n) is 10.8. The second-order valence-corrected chi connectivity index (χ2v) is 5.47. The van der Waals surface area contributed by atoms with Crippen molar-refractivity contribution in [2.24, 2.45) is 10.9 Å². The third kappa shape index (κ3) is 3.36. The van der Waals surface area contributed by atoms with Crippen LogP contribution in [0.4, 0.5) is 5.82 Å². The third-order valence-corrected chi connectivity index (χ3v) is 3.91. The lowest BCUT2D eigenvalue weighted by atomic mass is 10.2. The van der Waals surface area contributed by atoms with Crippen LogP contribution in [0.25, 0.3) is 0 Å². The summed E-state index contributed by atoms with van der Waals surface area (Å²) in [7, 11) is 0. The fourth-order valence-corrected chi connectivity index (χ4v) is 2.40. The number of pyridine rings is 1. The summed E-state index contributed by atoms with van der Waals surface area (Å²) in [6.07, 6.45) is 1.81. The van der Waals surface area contributed by atoms with Crippen molar-refractivity contribution in [1.82, 2.24) is 9.88 Å². The van der Waals surface area contributed by atoms with Crippen molar-refractivity contribution in [3.8, 4) is 0 Å². The van der Waals surface area contributed by atoms with Gasteiger partial charge >= 0.3 is 0 Å². The number of piperazine rings is 1. The maximum Gasteiger partial charge on any atom is 0.156 e. The molecule has 3 N–H and O–H groups in total. The van der Waals surface area contributed by atoms with Gasteiger partial charge in [-0.2, -0.15) is 0 Å². The van der Waals surface area contributed by atoms with Crippen molar-refractivity contribution in [3.05, 3.63) is 22.8 Å². The topological polar surface area (TPSA) is 78.0 Å². The quantitative estimate of drug-likeness (QED) is 0.376. The molecule has 2 rings (SSSR count). The fourth-order valence-electron chi connectivity index (χ4n) is 2.16. The minimum Gasteiger partial charge on any atom is -0.409 e. The van der Waals surface area contributed by atoms with E-state index in [0.717, 1.165) is 36.5 Å². The van der Waals surface area contributed by atoms with Gasteiger partial charge in [0.2, 0.25) is 0 Å². The van der Waals surface area contributed by atoms with Crippen LogP contribution < -0.4 is 10.6 Å². The molecule has 1 unspecified atom stereocenters. The second kappa shape index (κ2) is 6.21. The maximum absolute atomic E-state index is 8.70. The molecule has 1 saturated heterocycles. The Labute approximate surface area is 121 Å². The van der Waals surface area contributed by atoms with E-state index in [0.29, 0.717) is 0 Å². The standard InChI is InChI=1S/C12H18BrN5O/c1-9(12(14)16-19)17-4-6-18(7-5-17)11-3-2-10(13)8-15-11/h2-3,8-9,19H,4-7H2,1H3,(H2,14,16). The van der Waals surface area contributed by atoms with E-state index in [2.05, 4.69) is 35.9 Å². The highest BCUT2D eigenvalue weighted by molar-refractivity contribution is 9.10. The van der Waals surface area contributed by atoms with Crippen LogP contribution in [0.3, 0.4) is 0 Å². The van der Waals surface area contributed by atoms with Gasteiger partial charge in [0.25, 0.3) is 0 Å². The summed E-state index contributed by atoms with van der Waals surface area (Å²) < 4.78 is 0.982. The molecule has 1 aliphatic rings. The van der Waals surface area contributed by atoms with Crippen molar-refractivity contribution in [2.45, 2.75) is 13.0 Å². The van der Waals surface area contributed by atoms with Gasteiger partial charge in [0, 0.05) is 36.8 Å². The Kier molecular flexibility index (Phi) is 4.60. The molecule has 6 nitrogen and oxygen atoms in total. The van der Waals surface area contributed by atoms with Crippen LogP contribution in [0.2, 0.25) is 0 Å². The minimum atomic E-state index is -0.0370. The summed E-state index contributed by atoms with van der Waals surface area (Å²) in [5.74, 6) is 1.24. The maximum atomic E-state index is 8.70. The van der Waals surface area contributed by atoms with E-state index in [1.165, 1.54) is 0 Å². The van der Waals surface area contributed by atoms with Crippen LogP contribution in [-0.2, 0) is 0 Å². The van der Waals surface area contributed by atoms with Gasteiger partial charge in [-0.05, 0) is 35.0 Å². The summed E-state index contributed by atoms with van der Waals surface area (Å²) in [6.45, 7) is 5.46. The number of nitrogens with two attached hydrogens (primary N) is 1. The lowest BCUT2D eigenvalue weighted by Gasteiger charge is -2.38. The van der Waals surface area contributed by atoms with E-state index < -0.39 is 0 Å². The van der Waals surface area contributed by atoms with Crippen LogP contribution >= 0.6 is 15.9 Å². The van der Waals surface area contributed by atoms with E-state index in [1.54, 1.807) is 6.20 Å². The van der Waals surface area contributed by atoms with E-state index in [-0.39, 0.29) is 11.9 Å². The third-order valence-electron chi connectivity index (χ3n) is 3.44. The van der Waals surface area contributed by atoms with Crippen molar-refractivity contribution in [1.29, 1.82) is 0 Å². The van der Waals surface area contributed by atoms with Crippen molar-refractivity contribution < 1.29 is 5.21 Å². The fraction of sp³-hybridized carbons (Fsp3) is 0.500. The Morgan fingerprint density at radius 2 is 2.11 bits per heavy atom. The van der Waals surface area contributed by atoms with Crippen LogP contribution in [-0.4, -0.2) is 53.1 Å². The lowest BCUT2D eigenvalue weighted by molar-refractivity contribution is 0.230. The molecule has 0 saturated carbocycles. The largest absolute Gasteiger partial charge is 0.409 e. The number of halogens is 1. The van der Waals surface area contributed by atoms with Crippen LogP contribution in [0.1, 0.15) is 6.92 Å². The lowest BCUT2D eigenvalue weighted by Crippen LogP contribution is -2.53. The molecule has 0 spiro atoms. The molecule has 1 aromatic rings. The number of rotatable bonds is 3. The summed E-state index contributed by atoms with van der Waals surface area (Å²) in [5.41, 5.74) is 5.64. The number of amidine groups is 1. The van der Waals surface area contributed by atoms with E-state index in [1.807, 2.05) is 19.1 Å². The molecule has 2 heterocycles. The smallest absolute Gasteiger partial charge is 0.156 e. The number of oxime groups is 1. The predicted octanol–water partition coefficient (Wildman–Crippen LogP) is 1.10. The zero-order chi connectivity index (χ0) is 13.8. The molecule has 0 amide bonds. The van der Waals surface area contributed by atoms with Crippen molar-refractivity contribution >= 4 is 27.6 Å². The van der Waals surface area contributed by atoms with Gasteiger partial charge in [-0.15, -0.1) is 0 Å². The molecule has 1 atom stereocenters. The molecule has 104 valence electrons. The molecule has 0 aromatic carbocycles. The first kappa shape index (κ1) is 14.1. The van der Waals surface area contributed by atoms with Gasteiger partial charge in [-0.1, -0.05) is 5.16 Å². The van der Waals surface area contributed by atoms with Gasteiger partial charge < -0.3 is 15.8 Å². The Bertz CT molecular complexity index is 442. The van der Waals surface area contributed by atoms with Gasteiger partial charge in [0.15, 0.2) is 5.84 Å². The number of anilines is 1. The Morgan fingerprint density at radius 3 is 2.63 bits per heavy atom. The molecule has 7 heteroatoms. The molecule has 1 fully saturated rings. The summed E-state index contributed by atoms with van der Waals surface area (Å²) in [6, 6.07) is 3.96. The molecule has 0 radical (unpaired) electrons. The average molecular weight is 328 g/mol. The Balaban J connectivity index is 1.94. The van der Waals surface area contributed by atoms with Crippen LogP contribution in [0.15, 0.2) is 28.0 Å². The highest BCUT2D eigenvalue weighted by Gasteiger charge is 2.23. The predicted molar refractivity (Wildman–Crippen MR) is 78.6 cm³/mol. The van der Waals surface area contributed by atoms with Gasteiger partial charge in [-0.25, -0.2) is 4.98 Å². The monoisotopic (exact) mass is 327 g/mol. The summed E-state index contributed by atoms with van der Waals surface area (Å²) >= 11 is 3.38. The Hall–Kier alpha value is -1.34. The molecule has 19 heavy (non-hydrogen) atoms. The van der Waals surface area contributed by atoms with E-state index in [9.17, 15) is 0 Å². The number of hydrogen-bond donors (Lipinski definition) is 2. The molecule has 1 aliphatic heterocycles. The molecule has 0 bridgehead atoms. The summed E-state index contributed by atoms with van der Waals surface area (Å²) in [4.78, 5) is 8.83. The van der Waals surface area contributed by atoms with Crippen LogP contribution in [0, 0.1) is 0 Å². The minimum absolute atomic E-state index is 0.0370. The first-order valence-corrected chi connectivity index (χ1v) is 6.99. The molecule has 0 aliphatic carbocycles. The molecular weight excluding hydrogens is 310 g/mol. The van der Waals surface area contributed by atoms with Gasteiger partial charge in [-0.3, -0.25) is 4.90 Å². The zero-order valence-corrected chi connectivity index (χ0v) is 12.4. The van der Waals surface area contributed by atoms with Gasteiger partial charge in [0.05, 0.1) is 6.04 Å². The SMILES string of the molecule is CC(C(N)=NO)N1CCN(c2ccc(Br)cn2)CC1. The van der Waals surface area contributed by atoms with Gasteiger partial charge in [0.1, 0.15) is 5.82 Å². The first-order chi connectivity index (χ1) is 9.11. The molecule has 1 aromatic heterocycles.